The molecule has 1 atom stereocenters. The highest BCUT2D eigenvalue weighted by Gasteiger charge is 2.34. The zero-order chi connectivity index (χ0) is 17.8. The minimum Gasteiger partial charge on any atom is -0.438 e. The van der Waals surface area contributed by atoms with Gasteiger partial charge in [-0.15, -0.1) is 0 Å². The number of carbonyl (C=O) groups excluding carboxylic acids is 1. The lowest BCUT2D eigenvalue weighted by Gasteiger charge is -2.32. The third kappa shape index (κ3) is 2.70. The summed E-state index contributed by atoms with van der Waals surface area (Å²) in [6.07, 6.45) is 1.19. The number of H-pyrrole nitrogens is 1. The average molecular weight is 355 g/mol. The number of fused-ring (bicyclic) bond motifs is 2. The fraction of sp³-hybridized carbons (Fsp3) is 0.222. The van der Waals surface area contributed by atoms with Crippen LogP contribution in [0.4, 0.5) is 10.5 Å². The summed E-state index contributed by atoms with van der Waals surface area (Å²) in [7, 11) is -1.01. The monoisotopic (exact) mass is 355 g/mol. The predicted octanol–water partition coefficient (Wildman–Crippen LogP) is 3.76. The molecule has 0 radical (unpaired) electrons. The third-order valence-corrected chi connectivity index (χ3v) is 5.25. The summed E-state index contributed by atoms with van der Waals surface area (Å²) in [5.74, 6) is 0.718. The van der Waals surface area contributed by atoms with Gasteiger partial charge in [0.1, 0.15) is 11.4 Å². The van der Waals surface area contributed by atoms with Crippen molar-refractivity contribution in [2.45, 2.75) is 24.3 Å². The van der Waals surface area contributed by atoms with E-state index in [4.69, 9.17) is 4.74 Å². The fourth-order valence-electron chi connectivity index (χ4n) is 3.02. The van der Waals surface area contributed by atoms with Gasteiger partial charge in [-0.05, 0) is 38.1 Å². The van der Waals surface area contributed by atoms with Crippen LogP contribution in [0.25, 0.3) is 22.4 Å². The van der Waals surface area contributed by atoms with E-state index < -0.39 is 22.5 Å². The zero-order valence-electron chi connectivity index (χ0n) is 14.0. The Kier molecular flexibility index (Phi) is 3.43. The summed E-state index contributed by atoms with van der Waals surface area (Å²) in [5, 5.41) is 2.73. The van der Waals surface area contributed by atoms with Gasteiger partial charge in [0.2, 0.25) is 0 Å². The Bertz CT molecular complexity index is 1020. The predicted molar refractivity (Wildman–Crippen MR) is 97.0 cm³/mol. The van der Waals surface area contributed by atoms with Crippen molar-refractivity contribution in [3.8, 4) is 11.4 Å². The number of anilines is 1. The number of hydrogen-bond acceptors (Lipinski definition) is 4. The number of amides is 1. The molecule has 128 valence electrons. The van der Waals surface area contributed by atoms with Gasteiger partial charge in [-0.2, -0.15) is 0 Å². The minimum atomic E-state index is -1.01. The van der Waals surface area contributed by atoms with Gasteiger partial charge in [0.15, 0.2) is 0 Å². The molecule has 0 saturated carbocycles. The van der Waals surface area contributed by atoms with E-state index >= 15 is 0 Å². The summed E-state index contributed by atoms with van der Waals surface area (Å²) in [6, 6.07) is 11.3. The molecule has 3 aromatic rings. The number of nitrogens with zero attached hydrogens (tertiary/aromatic N) is 1. The van der Waals surface area contributed by atoms with E-state index in [0.29, 0.717) is 5.69 Å². The maximum absolute atomic E-state index is 11.7. The normalized spacial score (nSPS) is 16.8. The van der Waals surface area contributed by atoms with E-state index in [9.17, 15) is 9.00 Å². The molecule has 1 unspecified atom stereocenters. The van der Waals surface area contributed by atoms with Gasteiger partial charge in [0.05, 0.1) is 16.7 Å². The Balaban J connectivity index is 1.81. The van der Waals surface area contributed by atoms with Gasteiger partial charge in [0.25, 0.3) is 0 Å². The quantitative estimate of drug-likeness (QED) is 0.733. The van der Waals surface area contributed by atoms with Crippen LogP contribution in [-0.2, 0) is 21.1 Å². The van der Waals surface area contributed by atoms with E-state index in [1.807, 2.05) is 50.2 Å². The highest BCUT2D eigenvalue weighted by Crippen LogP contribution is 2.38. The van der Waals surface area contributed by atoms with E-state index in [0.717, 1.165) is 32.9 Å². The Morgan fingerprint density at radius 3 is 2.56 bits per heavy atom. The van der Waals surface area contributed by atoms with E-state index in [-0.39, 0.29) is 0 Å². The number of aromatic amines is 1. The van der Waals surface area contributed by atoms with Gasteiger partial charge in [0, 0.05) is 33.1 Å². The second-order valence-electron chi connectivity index (χ2n) is 6.50. The lowest BCUT2D eigenvalue weighted by molar-refractivity contribution is 0.0421. The molecule has 2 N–H and O–H groups in total. The van der Waals surface area contributed by atoms with Crippen molar-refractivity contribution in [3.05, 3.63) is 42.0 Å². The molecule has 1 aliphatic heterocycles. The SMILES string of the molecule is CS(=O)c1ccc(-c2nc3cc4c(cc3[nH]2)C(C)(C)OC(=O)N4)cc1. The van der Waals surface area contributed by atoms with Crippen LogP contribution in [0.5, 0.6) is 0 Å². The van der Waals surface area contributed by atoms with Crippen LogP contribution in [0, 0.1) is 0 Å². The van der Waals surface area contributed by atoms with Crippen molar-refractivity contribution in [3.63, 3.8) is 0 Å². The number of cyclic esters (lactones) is 1. The van der Waals surface area contributed by atoms with E-state index in [1.165, 1.54) is 0 Å². The van der Waals surface area contributed by atoms with Crippen LogP contribution in [0.2, 0.25) is 0 Å². The van der Waals surface area contributed by atoms with E-state index in [2.05, 4.69) is 15.3 Å². The first-order chi connectivity index (χ1) is 11.8. The van der Waals surface area contributed by atoms with Crippen LogP contribution in [0.3, 0.4) is 0 Å². The van der Waals surface area contributed by atoms with Crippen LogP contribution >= 0.6 is 0 Å². The molecule has 2 heterocycles. The molecule has 25 heavy (non-hydrogen) atoms. The molecule has 0 saturated heterocycles. The minimum absolute atomic E-state index is 0.462. The molecule has 1 amide bonds. The van der Waals surface area contributed by atoms with Crippen molar-refractivity contribution < 1.29 is 13.7 Å². The second kappa shape index (κ2) is 5.42. The molecule has 7 heteroatoms. The van der Waals surface area contributed by atoms with Crippen molar-refractivity contribution >= 4 is 33.6 Å². The highest BCUT2D eigenvalue weighted by atomic mass is 32.2. The summed E-state index contributed by atoms with van der Waals surface area (Å²) in [5.41, 5.74) is 3.43. The molecular formula is C18H17N3O3S. The number of ether oxygens (including phenoxy) is 1. The fourth-order valence-corrected chi connectivity index (χ4v) is 3.54. The number of hydrogen-bond donors (Lipinski definition) is 2. The summed E-state index contributed by atoms with van der Waals surface area (Å²) in [4.78, 5) is 20.4. The number of aromatic nitrogens is 2. The Morgan fingerprint density at radius 1 is 1.16 bits per heavy atom. The molecule has 0 fully saturated rings. The first kappa shape index (κ1) is 15.8. The second-order valence-corrected chi connectivity index (χ2v) is 7.88. The Labute approximate surface area is 147 Å². The molecule has 1 aliphatic rings. The molecule has 0 bridgehead atoms. The first-order valence-electron chi connectivity index (χ1n) is 7.81. The van der Waals surface area contributed by atoms with Gasteiger partial charge in [-0.3, -0.25) is 9.53 Å². The molecule has 1 aromatic heterocycles. The third-order valence-electron chi connectivity index (χ3n) is 4.31. The number of benzene rings is 2. The summed E-state index contributed by atoms with van der Waals surface area (Å²) in [6.45, 7) is 3.72. The van der Waals surface area contributed by atoms with Crippen molar-refractivity contribution in [1.82, 2.24) is 9.97 Å². The lowest BCUT2D eigenvalue weighted by atomic mass is 9.94. The van der Waals surface area contributed by atoms with Gasteiger partial charge in [-0.25, -0.2) is 9.78 Å². The smallest absolute Gasteiger partial charge is 0.412 e. The Morgan fingerprint density at radius 2 is 1.88 bits per heavy atom. The number of nitrogens with one attached hydrogen (secondary N) is 2. The number of carbonyl (C=O) groups is 1. The molecule has 0 aliphatic carbocycles. The van der Waals surface area contributed by atoms with Crippen LogP contribution in [-0.4, -0.2) is 26.5 Å². The summed E-state index contributed by atoms with van der Waals surface area (Å²) >= 11 is 0. The van der Waals surface area contributed by atoms with Crippen LogP contribution in [0.1, 0.15) is 19.4 Å². The molecule has 6 nitrogen and oxygen atoms in total. The maximum atomic E-state index is 11.7. The number of imidazole rings is 1. The van der Waals surface area contributed by atoms with Crippen LogP contribution in [0.15, 0.2) is 41.3 Å². The molecule has 2 aromatic carbocycles. The topological polar surface area (TPSA) is 84.1 Å². The zero-order valence-corrected chi connectivity index (χ0v) is 14.9. The molecule has 0 spiro atoms. The van der Waals surface area contributed by atoms with Gasteiger partial charge < -0.3 is 9.72 Å². The lowest BCUT2D eigenvalue weighted by Crippen LogP contribution is -2.34. The average Bonchev–Trinajstić information content (AvgIpc) is 2.95. The van der Waals surface area contributed by atoms with Crippen molar-refractivity contribution in [2.24, 2.45) is 0 Å². The summed E-state index contributed by atoms with van der Waals surface area (Å²) < 4.78 is 16.9. The van der Waals surface area contributed by atoms with Crippen molar-refractivity contribution in [2.75, 3.05) is 11.6 Å². The largest absolute Gasteiger partial charge is 0.438 e. The van der Waals surface area contributed by atoms with E-state index in [1.54, 1.807) is 6.26 Å². The maximum Gasteiger partial charge on any atom is 0.412 e. The first-order valence-corrected chi connectivity index (χ1v) is 9.37. The standard InChI is InChI=1S/C18H17N3O3S/c1-18(2)12-8-14-15(9-13(12)21-17(22)24-18)20-16(19-14)10-4-6-11(7-5-10)25(3)23/h4-9H,1-3H3,(H,19,20)(H,21,22). The van der Waals surface area contributed by atoms with Crippen LogP contribution < -0.4 is 5.32 Å². The van der Waals surface area contributed by atoms with Gasteiger partial charge >= 0.3 is 6.09 Å². The highest BCUT2D eigenvalue weighted by molar-refractivity contribution is 7.84. The Hall–Kier alpha value is -2.67. The molecular weight excluding hydrogens is 338 g/mol. The van der Waals surface area contributed by atoms with Crippen molar-refractivity contribution in [1.29, 1.82) is 0 Å². The number of rotatable bonds is 2. The van der Waals surface area contributed by atoms with Gasteiger partial charge in [-0.1, -0.05) is 12.1 Å². The molecule has 4 rings (SSSR count).